The first-order chi connectivity index (χ1) is 10.2. The fourth-order valence-corrected chi connectivity index (χ4v) is 2.10. The number of carboxylic acid groups (broad SMARTS) is 1. The summed E-state index contributed by atoms with van der Waals surface area (Å²) in [5, 5.41) is 12.3. The molecule has 0 aliphatic heterocycles. The van der Waals surface area contributed by atoms with E-state index < -0.39 is 5.97 Å². The maximum Gasteiger partial charge on any atom is 0.339 e. The van der Waals surface area contributed by atoms with Crippen LogP contribution in [0.15, 0.2) is 53.0 Å². The summed E-state index contributed by atoms with van der Waals surface area (Å²) in [5.41, 5.74) is 1.37. The Morgan fingerprint density at radius 2 is 1.86 bits per heavy atom. The average molecular weight is 350 g/mol. The minimum atomic E-state index is -0.978. The van der Waals surface area contributed by atoms with Crippen LogP contribution < -0.4 is 10.1 Å². The number of aromatic carboxylic acids is 1. The molecule has 0 saturated heterocycles. The Morgan fingerprint density at radius 3 is 2.57 bits per heavy atom. The van der Waals surface area contributed by atoms with Crippen LogP contribution in [0.25, 0.3) is 0 Å². The molecule has 0 aromatic heterocycles. The summed E-state index contributed by atoms with van der Waals surface area (Å²) < 4.78 is 6.56. The summed E-state index contributed by atoms with van der Waals surface area (Å²) in [7, 11) is 0. The molecule has 4 nitrogen and oxygen atoms in total. The monoisotopic (exact) mass is 349 g/mol. The van der Waals surface area contributed by atoms with Crippen molar-refractivity contribution in [3.63, 3.8) is 0 Å². The van der Waals surface area contributed by atoms with Gasteiger partial charge in [0, 0.05) is 17.6 Å². The van der Waals surface area contributed by atoms with E-state index in [-0.39, 0.29) is 5.56 Å². The van der Waals surface area contributed by atoms with E-state index >= 15 is 0 Å². The lowest BCUT2D eigenvalue weighted by molar-refractivity contribution is 0.0692. The minimum absolute atomic E-state index is 0.186. The molecular weight excluding hydrogens is 334 g/mol. The standard InChI is InChI=1S/C16H16BrNO3/c17-13-7-5-12(6-8-13)11-18-9-10-21-15-4-2-1-3-14(15)16(19)20/h1-8,18H,9-11H2,(H,19,20). The van der Waals surface area contributed by atoms with Gasteiger partial charge in [-0.3, -0.25) is 0 Å². The normalized spacial score (nSPS) is 10.3. The van der Waals surface area contributed by atoms with Crippen molar-refractivity contribution in [2.24, 2.45) is 0 Å². The van der Waals surface area contributed by atoms with Gasteiger partial charge in [0.25, 0.3) is 0 Å². The second-order valence-electron chi connectivity index (χ2n) is 4.45. The number of hydrogen-bond donors (Lipinski definition) is 2. The molecule has 0 atom stereocenters. The van der Waals surface area contributed by atoms with E-state index in [0.717, 1.165) is 11.0 Å². The molecule has 0 spiro atoms. The van der Waals surface area contributed by atoms with Crippen molar-refractivity contribution in [1.29, 1.82) is 0 Å². The fraction of sp³-hybridized carbons (Fsp3) is 0.188. The van der Waals surface area contributed by atoms with Gasteiger partial charge in [-0.15, -0.1) is 0 Å². The van der Waals surface area contributed by atoms with Crippen molar-refractivity contribution in [3.05, 3.63) is 64.1 Å². The van der Waals surface area contributed by atoms with Crippen LogP contribution in [0.2, 0.25) is 0 Å². The number of rotatable bonds is 7. The summed E-state index contributed by atoms with van der Waals surface area (Å²) in [6.45, 7) is 1.81. The van der Waals surface area contributed by atoms with Crippen LogP contribution in [0.1, 0.15) is 15.9 Å². The van der Waals surface area contributed by atoms with E-state index in [1.165, 1.54) is 11.6 Å². The zero-order valence-corrected chi connectivity index (χ0v) is 13.0. The number of para-hydroxylation sites is 1. The maximum absolute atomic E-state index is 11.0. The van der Waals surface area contributed by atoms with E-state index in [2.05, 4.69) is 21.2 Å². The predicted octanol–water partition coefficient (Wildman–Crippen LogP) is 3.32. The quantitative estimate of drug-likeness (QED) is 0.753. The van der Waals surface area contributed by atoms with Crippen LogP contribution in [-0.4, -0.2) is 24.2 Å². The topological polar surface area (TPSA) is 58.6 Å². The molecule has 0 fully saturated rings. The van der Waals surface area contributed by atoms with Gasteiger partial charge < -0.3 is 15.2 Å². The second kappa shape index (κ2) is 7.81. The molecule has 0 heterocycles. The van der Waals surface area contributed by atoms with Crippen molar-refractivity contribution in [3.8, 4) is 5.75 Å². The lowest BCUT2D eigenvalue weighted by Crippen LogP contribution is -2.21. The molecule has 0 saturated carbocycles. The number of carboxylic acids is 1. The molecular formula is C16H16BrNO3. The van der Waals surface area contributed by atoms with E-state index in [9.17, 15) is 4.79 Å². The summed E-state index contributed by atoms with van der Waals surface area (Å²) in [6, 6.07) is 14.7. The number of benzene rings is 2. The van der Waals surface area contributed by atoms with Gasteiger partial charge in [-0.2, -0.15) is 0 Å². The van der Waals surface area contributed by atoms with Gasteiger partial charge in [-0.25, -0.2) is 4.79 Å². The smallest absolute Gasteiger partial charge is 0.339 e. The Labute approximate surface area is 131 Å². The highest BCUT2D eigenvalue weighted by Gasteiger charge is 2.09. The van der Waals surface area contributed by atoms with Crippen LogP contribution in [0.4, 0.5) is 0 Å². The molecule has 2 N–H and O–H groups in total. The van der Waals surface area contributed by atoms with E-state index in [1.807, 2.05) is 24.3 Å². The second-order valence-corrected chi connectivity index (χ2v) is 5.37. The molecule has 5 heteroatoms. The van der Waals surface area contributed by atoms with Crippen LogP contribution in [-0.2, 0) is 6.54 Å². The van der Waals surface area contributed by atoms with E-state index in [1.54, 1.807) is 18.2 Å². The van der Waals surface area contributed by atoms with Crippen LogP contribution >= 0.6 is 15.9 Å². The third kappa shape index (κ3) is 4.88. The zero-order valence-electron chi connectivity index (χ0n) is 11.4. The van der Waals surface area contributed by atoms with Crippen molar-refractivity contribution >= 4 is 21.9 Å². The Bertz CT molecular complexity index is 599. The minimum Gasteiger partial charge on any atom is -0.491 e. The van der Waals surface area contributed by atoms with Gasteiger partial charge in [0.2, 0.25) is 0 Å². The lowest BCUT2D eigenvalue weighted by Gasteiger charge is -2.09. The van der Waals surface area contributed by atoms with Crippen LogP contribution in [0, 0.1) is 0 Å². The van der Waals surface area contributed by atoms with Crippen LogP contribution in [0.3, 0.4) is 0 Å². The molecule has 0 amide bonds. The summed E-state index contributed by atoms with van der Waals surface area (Å²) >= 11 is 3.39. The van der Waals surface area contributed by atoms with Gasteiger partial charge in [-0.05, 0) is 29.8 Å². The predicted molar refractivity (Wildman–Crippen MR) is 84.7 cm³/mol. The Kier molecular flexibility index (Phi) is 5.78. The molecule has 0 aliphatic carbocycles. The highest BCUT2D eigenvalue weighted by atomic mass is 79.9. The van der Waals surface area contributed by atoms with Gasteiger partial charge in [0.1, 0.15) is 17.9 Å². The first-order valence-electron chi connectivity index (χ1n) is 6.57. The van der Waals surface area contributed by atoms with Gasteiger partial charge in [0.15, 0.2) is 0 Å². The van der Waals surface area contributed by atoms with Gasteiger partial charge in [0.05, 0.1) is 0 Å². The van der Waals surface area contributed by atoms with Crippen molar-refractivity contribution in [1.82, 2.24) is 5.32 Å². The number of hydrogen-bond acceptors (Lipinski definition) is 3. The fourth-order valence-electron chi connectivity index (χ4n) is 1.84. The summed E-state index contributed by atoms with van der Waals surface area (Å²) in [5.74, 6) is -0.580. The largest absolute Gasteiger partial charge is 0.491 e. The third-order valence-electron chi connectivity index (χ3n) is 2.90. The summed E-state index contributed by atoms with van der Waals surface area (Å²) in [6.07, 6.45) is 0. The zero-order chi connectivity index (χ0) is 15.1. The van der Waals surface area contributed by atoms with E-state index in [0.29, 0.717) is 18.9 Å². The van der Waals surface area contributed by atoms with Crippen molar-refractivity contribution < 1.29 is 14.6 Å². The average Bonchev–Trinajstić information content (AvgIpc) is 2.49. The number of nitrogens with one attached hydrogen (secondary N) is 1. The van der Waals surface area contributed by atoms with Crippen molar-refractivity contribution in [2.75, 3.05) is 13.2 Å². The molecule has 21 heavy (non-hydrogen) atoms. The lowest BCUT2D eigenvalue weighted by atomic mass is 10.2. The first-order valence-corrected chi connectivity index (χ1v) is 7.36. The molecule has 110 valence electrons. The van der Waals surface area contributed by atoms with Crippen LogP contribution in [0.5, 0.6) is 5.75 Å². The first kappa shape index (κ1) is 15.5. The van der Waals surface area contributed by atoms with E-state index in [4.69, 9.17) is 9.84 Å². The van der Waals surface area contributed by atoms with Gasteiger partial charge in [-0.1, -0.05) is 40.2 Å². The SMILES string of the molecule is O=C(O)c1ccccc1OCCNCc1ccc(Br)cc1. The highest BCUT2D eigenvalue weighted by Crippen LogP contribution is 2.17. The Balaban J connectivity index is 1.75. The number of carbonyl (C=O) groups is 1. The molecule has 2 aromatic rings. The molecule has 0 aliphatic rings. The molecule has 2 rings (SSSR count). The Hall–Kier alpha value is -1.85. The third-order valence-corrected chi connectivity index (χ3v) is 3.42. The molecule has 2 aromatic carbocycles. The highest BCUT2D eigenvalue weighted by molar-refractivity contribution is 9.10. The molecule has 0 radical (unpaired) electrons. The number of halogens is 1. The number of ether oxygens (including phenoxy) is 1. The molecule has 0 bridgehead atoms. The van der Waals surface area contributed by atoms with Gasteiger partial charge >= 0.3 is 5.97 Å². The summed E-state index contributed by atoms with van der Waals surface area (Å²) in [4.78, 5) is 11.0. The Morgan fingerprint density at radius 1 is 1.14 bits per heavy atom. The molecule has 0 unspecified atom stereocenters. The maximum atomic E-state index is 11.0. The van der Waals surface area contributed by atoms with Crippen molar-refractivity contribution in [2.45, 2.75) is 6.54 Å².